The normalized spacial score (nSPS) is 18.8. The molecular formula is C24H21ClF2N6O3. The molecule has 1 atom stereocenters. The molecule has 186 valence electrons. The molecule has 1 aromatic carbocycles. The number of hydrogen-bond acceptors (Lipinski definition) is 8. The van der Waals surface area contributed by atoms with Crippen LogP contribution in [0, 0.1) is 12.8 Å². The molecule has 3 aromatic heterocycles. The number of nitrogens with zero attached hydrogens (tertiary/aromatic N) is 4. The number of hydrogen-bond donors (Lipinski definition) is 2. The molecule has 36 heavy (non-hydrogen) atoms. The van der Waals surface area contributed by atoms with Crippen molar-refractivity contribution >= 4 is 39.6 Å². The topological polar surface area (TPSA) is 107 Å². The van der Waals surface area contributed by atoms with Gasteiger partial charge in [-0.1, -0.05) is 16.8 Å². The van der Waals surface area contributed by atoms with Crippen LogP contribution in [0.3, 0.4) is 0 Å². The Morgan fingerprint density at radius 1 is 1.28 bits per heavy atom. The molecule has 1 unspecified atom stereocenters. The molecule has 0 spiro atoms. The molecule has 0 amide bonds. The van der Waals surface area contributed by atoms with E-state index in [1.807, 2.05) is 0 Å². The van der Waals surface area contributed by atoms with Gasteiger partial charge in [-0.2, -0.15) is 4.98 Å². The molecule has 1 fully saturated rings. The molecule has 6 rings (SSSR count). The predicted molar refractivity (Wildman–Crippen MR) is 130 cm³/mol. The summed E-state index contributed by atoms with van der Waals surface area (Å²) in [7, 11) is 1.58. The Balaban J connectivity index is 1.44. The van der Waals surface area contributed by atoms with Crippen LogP contribution in [0.2, 0.25) is 5.02 Å². The SMILES string of the molecule is Cc1noc(-c2cc(Nc3ccc4c(c3)c3c(c(=O)n4C)OCC(F)(F)C(C4CC4)N3)c(Cl)cn2)n1. The lowest BCUT2D eigenvalue weighted by atomic mass is 10.0. The number of rotatable bonds is 4. The summed E-state index contributed by atoms with van der Waals surface area (Å²) >= 11 is 6.38. The summed E-state index contributed by atoms with van der Waals surface area (Å²) in [6.07, 6.45) is 2.88. The molecule has 1 aliphatic heterocycles. The lowest BCUT2D eigenvalue weighted by molar-refractivity contribution is -0.0579. The number of fused-ring (bicyclic) bond motifs is 3. The zero-order valence-electron chi connectivity index (χ0n) is 19.3. The van der Waals surface area contributed by atoms with E-state index in [1.165, 1.54) is 10.8 Å². The number of aromatic nitrogens is 4. The van der Waals surface area contributed by atoms with Crippen molar-refractivity contribution in [3.63, 3.8) is 0 Å². The molecule has 9 nitrogen and oxygen atoms in total. The third-order valence-corrected chi connectivity index (χ3v) is 6.79. The Hall–Kier alpha value is -3.73. The first kappa shape index (κ1) is 22.7. The van der Waals surface area contributed by atoms with E-state index in [2.05, 4.69) is 25.8 Å². The van der Waals surface area contributed by atoms with Gasteiger partial charge in [-0.3, -0.25) is 4.79 Å². The summed E-state index contributed by atoms with van der Waals surface area (Å²) < 4.78 is 41.7. The van der Waals surface area contributed by atoms with Gasteiger partial charge in [-0.25, -0.2) is 13.8 Å². The number of halogens is 3. The Morgan fingerprint density at radius 2 is 2.08 bits per heavy atom. The van der Waals surface area contributed by atoms with Crippen LogP contribution >= 0.6 is 11.6 Å². The van der Waals surface area contributed by atoms with Gasteiger partial charge in [0.05, 0.1) is 28.0 Å². The first-order chi connectivity index (χ1) is 17.2. The number of nitrogens with one attached hydrogen (secondary N) is 2. The highest BCUT2D eigenvalue weighted by molar-refractivity contribution is 6.33. The Morgan fingerprint density at radius 3 is 2.81 bits per heavy atom. The maximum absolute atomic E-state index is 14.9. The second kappa shape index (κ2) is 8.16. The molecule has 4 aromatic rings. The average molecular weight is 515 g/mol. The van der Waals surface area contributed by atoms with Crippen LogP contribution in [0.15, 0.2) is 39.8 Å². The van der Waals surface area contributed by atoms with Gasteiger partial charge in [-0.15, -0.1) is 0 Å². The highest BCUT2D eigenvalue weighted by Crippen LogP contribution is 2.45. The fourth-order valence-corrected chi connectivity index (χ4v) is 4.64. The maximum Gasteiger partial charge on any atom is 0.301 e. The van der Waals surface area contributed by atoms with Gasteiger partial charge in [0.15, 0.2) is 12.4 Å². The van der Waals surface area contributed by atoms with E-state index in [4.69, 9.17) is 20.9 Å². The van der Waals surface area contributed by atoms with Gasteiger partial charge in [0.25, 0.3) is 11.4 Å². The van der Waals surface area contributed by atoms with Gasteiger partial charge in [0, 0.05) is 24.3 Å². The van der Waals surface area contributed by atoms with Gasteiger partial charge in [-0.05, 0) is 49.9 Å². The van der Waals surface area contributed by atoms with Crippen molar-refractivity contribution in [1.82, 2.24) is 19.7 Å². The van der Waals surface area contributed by atoms with E-state index in [-0.39, 0.29) is 23.2 Å². The molecule has 1 saturated carbocycles. The zero-order valence-corrected chi connectivity index (χ0v) is 20.1. The van der Waals surface area contributed by atoms with Gasteiger partial charge in [0.2, 0.25) is 5.75 Å². The van der Waals surface area contributed by atoms with Gasteiger partial charge < -0.3 is 24.5 Å². The van der Waals surface area contributed by atoms with Crippen molar-refractivity contribution < 1.29 is 18.0 Å². The lowest BCUT2D eigenvalue weighted by Crippen LogP contribution is -2.44. The van der Waals surface area contributed by atoms with E-state index >= 15 is 0 Å². The Bertz CT molecular complexity index is 1570. The summed E-state index contributed by atoms with van der Waals surface area (Å²) in [6.45, 7) is 0.853. The van der Waals surface area contributed by atoms with Crippen LogP contribution in [0.25, 0.3) is 22.5 Å². The third-order valence-electron chi connectivity index (χ3n) is 6.49. The summed E-state index contributed by atoms with van der Waals surface area (Å²) in [5.41, 5.74) is 1.94. The number of alkyl halides is 2. The molecule has 1 aliphatic carbocycles. The molecule has 0 radical (unpaired) electrons. The second-order valence-corrected chi connectivity index (χ2v) is 9.54. The fourth-order valence-electron chi connectivity index (χ4n) is 4.49. The van der Waals surface area contributed by atoms with Gasteiger partial charge in [0.1, 0.15) is 5.69 Å². The number of aryl methyl sites for hydroxylation is 2. The second-order valence-electron chi connectivity index (χ2n) is 9.13. The van der Waals surface area contributed by atoms with Crippen molar-refractivity contribution in [3.05, 3.63) is 51.7 Å². The van der Waals surface area contributed by atoms with Crippen molar-refractivity contribution in [3.8, 4) is 17.3 Å². The van der Waals surface area contributed by atoms with E-state index in [1.54, 1.807) is 38.2 Å². The van der Waals surface area contributed by atoms with Crippen molar-refractivity contribution in [1.29, 1.82) is 0 Å². The Labute approximate surface area is 208 Å². The first-order valence-electron chi connectivity index (χ1n) is 11.4. The maximum atomic E-state index is 14.9. The number of benzene rings is 1. The molecule has 2 N–H and O–H groups in total. The van der Waals surface area contributed by atoms with E-state index in [0.717, 1.165) is 0 Å². The smallest absolute Gasteiger partial charge is 0.301 e. The summed E-state index contributed by atoms with van der Waals surface area (Å²) in [5, 5.41) is 10.9. The molecule has 2 aliphatic rings. The quantitative estimate of drug-likeness (QED) is 0.396. The highest BCUT2D eigenvalue weighted by Gasteiger charge is 2.51. The van der Waals surface area contributed by atoms with Crippen molar-refractivity contribution in [2.75, 3.05) is 17.2 Å². The van der Waals surface area contributed by atoms with Crippen LogP contribution in [-0.2, 0) is 7.05 Å². The molecule has 12 heteroatoms. The first-order valence-corrected chi connectivity index (χ1v) is 11.8. The zero-order chi connectivity index (χ0) is 25.2. The van der Waals surface area contributed by atoms with Crippen molar-refractivity contribution in [2.45, 2.75) is 31.7 Å². The number of pyridine rings is 2. The van der Waals surface area contributed by atoms with Crippen molar-refractivity contribution in [2.24, 2.45) is 13.0 Å². The minimum Gasteiger partial charge on any atom is -0.480 e. The molecule has 0 saturated heterocycles. The van der Waals surface area contributed by atoms with E-state index in [0.29, 0.717) is 51.7 Å². The Kier molecular flexibility index (Phi) is 5.15. The van der Waals surface area contributed by atoms with Gasteiger partial charge >= 0.3 is 5.92 Å². The molecular weight excluding hydrogens is 494 g/mol. The largest absolute Gasteiger partial charge is 0.480 e. The summed E-state index contributed by atoms with van der Waals surface area (Å²) in [5.74, 6) is -2.67. The van der Waals surface area contributed by atoms with Crippen LogP contribution in [0.5, 0.6) is 5.75 Å². The highest BCUT2D eigenvalue weighted by atomic mass is 35.5. The number of ether oxygens (including phenoxy) is 1. The van der Waals surface area contributed by atoms with Crippen LogP contribution in [-0.4, -0.2) is 38.3 Å². The third kappa shape index (κ3) is 3.83. The summed E-state index contributed by atoms with van der Waals surface area (Å²) in [4.78, 5) is 21.4. The number of anilines is 3. The predicted octanol–water partition coefficient (Wildman–Crippen LogP) is 4.91. The van der Waals surface area contributed by atoms with Crippen LogP contribution in [0.4, 0.5) is 25.8 Å². The van der Waals surface area contributed by atoms with Crippen LogP contribution in [0.1, 0.15) is 18.7 Å². The monoisotopic (exact) mass is 514 g/mol. The standard InChI is InChI=1S/C24H21ClF2N6O3/c1-11-29-22(36-32-11)17-8-16(15(25)9-28-17)30-13-5-6-18-14(7-13)19-20(23(34)33(18)2)35-10-24(26,27)21(31-19)12-3-4-12/h5-9,12,21,31H,3-4,10H2,1-2H3,(H,28,30). The summed E-state index contributed by atoms with van der Waals surface area (Å²) in [6, 6.07) is 5.84. The molecule has 4 heterocycles. The van der Waals surface area contributed by atoms with Crippen LogP contribution < -0.4 is 20.9 Å². The minimum absolute atomic E-state index is 0.110. The minimum atomic E-state index is -3.11. The fraction of sp³-hybridized carbons (Fsp3) is 0.333. The van der Waals surface area contributed by atoms with E-state index in [9.17, 15) is 13.6 Å². The average Bonchev–Trinajstić information content (AvgIpc) is 3.61. The molecule has 0 bridgehead atoms. The lowest BCUT2D eigenvalue weighted by Gasteiger charge is -2.25. The van der Waals surface area contributed by atoms with E-state index < -0.39 is 24.1 Å².